The van der Waals surface area contributed by atoms with E-state index in [0.717, 1.165) is 26.3 Å². The number of nitrogens with one attached hydrogen (secondary N) is 1. The fourth-order valence-electron chi connectivity index (χ4n) is 3.02. The Balaban J connectivity index is 1.84. The van der Waals surface area contributed by atoms with Crippen LogP contribution in [0.25, 0.3) is 0 Å². The molecule has 0 amide bonds. The zero-order valence-corrected chi connectivity index (χ0v) is 14.5. The van der Waals surface area contributed by atoms with E-state index in [2.05, 4.69) is 48.6 Å². The van der Waals surface area contributed by atoms with E-state index in [1.165, 1.54) is 30.7 Å². The van der Waals surface area contributed by atoms with Crippen LogP contribution in [0.1, 0.15) is 31.6 Å². The van der Waals surface area contributed by atoms with Crippen LogP contribution in [-0.4, -0.2) is 50.8 Å². The van der Waals surface area contributed by atoms with Gasteiger partial charge in [-0.3, -0.25) is 0 Å². The quantitative estimate of drug-likeness (QED) is 0.799. The molecule has 2 rings (SSSR count). The van der Waals surface area contributed by atoms with Crippen LogP contribution >= 0.6 is 11.3 Å². The Hall–Kier alpha value is -0.420. The molecule has 0 spiro atoms. The van der Waals surface area contributed by atoms with Gasteiger partial charge in [0, 0.05) is 43.8 Å². The van der Waals surface area contributed by atoms with Gasteiger partial charge in [-0.25, -0.2) is 0 Å². The Bertz CT molecular complexity index is 386. The normalized spacial score (nSPS) is 18.5. The minimum atomic E-state index is 0.382. The molecule has 0 aromatic carbocycles. The SMILES string of the molecule is CC(C)NCC1(CN(C)CCc2cccs2)CCOCC1. The molecule has 0 atom stereocenters. The van der Waals surface area contributed by atoms with Gasteiger partial charge in [0.25, 0.3) is 0 Å². The molecule has 1 N–H and O–H groups in total. The van der Waals surface area contributed by atoms with Crippen molar-refractivity contribution in [2.45, 2.75) is 39.2 Å². The van der Waals surface area contributed by atoms with E-state index in [0.29, 0.717) is 11.5 Å². The summed E-state index contributed by atoms with van der Waals surface area (Å²) in [7, 11) is 2.26. The van der Waals surface area contributed by atoms with Crippen molar-refractivity contribution in [1.82, 2.24) is 10.2 Å². The van der Waals surface area contributed by atoms with E-state index in [1.807, 2.05) is 11.3 Å². The molecule has 1 aromatic rings. The second-order valence-corrected chi connectivity index (χ2v) is 7.75. The molecule has 1 fully saturated rings. The molecular formula is C17H30N2OS. The standard InChI is InChI=1S/C17H30N2OS/c1-15(2)18-13-17(7-10-20-11-8-17)14-19(3)9-6-16-5-4-12-21-16/h4-5,12,15,18H,6-11,13-14H2,1-3H3. The Morgan fingerprint density at radius 2 is 2.14 bits per heavy atom. The van der Waals surface area contributed by atoms with Crippen molar-refractivity contribution < 1.29 is 4.74 Å². The maximum atomic E-state index is 5.59. The molecule has 1 aliphatic rings. The Morgan fingerprint density at radius 3 is 2.76 bits per heavy atom. The van der Waals surface area contributed by atoms with Crippen molar-refractivity contribution in [2.24, 2.45) is 5.41 Å². The minimum Gasteiger partial charge on any atom is -0.381 e. The lowest BCUT2D eigenvalue weighted by atomic mass is 9.79. The molecule has 1 saturated heterocycles. The molecule has 0 radical (unpaired) electrons. The number of likely N-dealkylation sites (N-methyl/N-ethyl adjacent to an activating group) is 1. The number of ether oxygens (including phenoxy) is 1. The van der Waals surface area contributed by atoms with Crippen LogP contribution in [-0.2, 0) is 11.2 Å². The summed E-state index contributed by atoms with van der Waals surface area (Å²) in [6, 6.07) is 4.94. The third-order valence-corrected chi connectivity index (χ3v) is 5.30. The van der Waals surface area contributed by atoms with Crippen LogP contribution in [0.5, 0.6) is 0 Å². The zero-order chi connectivity index (χ0) is 15.1. The van der Waals surface area contributed by atoms with Gasteiger partial charge in [0.15, 0.2) is 0 Å². The average molecular weight is 311 g/mol. The maximum Gasteiger partial charge on any atom is 0.0472 e. The maximum absolute atomic E-state index is 5.59. The second-order valence-electron chi connectivity index (χ2n) is 6.72. The van der Waals surface area contributed by atoms with Gasteiger partial charge in [0.1, 0.15) is 0 Å². The van der Waals surface area contributed by atoms with E-state index in [-0.39, 0.29) is 0 Å². The molecule has 0 bridgehead atoms. The highest BCUT2D eigenvalue weighted by atomic mass is 32.1. The third kappa shape index (κ3) is 5.70. The van der Waals surface area contributed by atoms with Crippen molar-refractivity contribution in [3.05, 3.63) is 22.4 Å². The average Bonchev–Trinajstić information content (AvgIpc) is 2.97. The molecular weight excluding hydrogens is 280 g/mol. The summed E-state index contributed by atoms with van der Waals surface area (Å²) in [5.74, 6) is 0. The first kappa shape index (κ1) is 16.9. The summed E-state index contributed by atoms with van der Waals surface area (Å²) >= 11 is 1.87. The molecule has 2 heterocycles. The molecule has 4 heteroatoms. The molecule has 0 aliphatic carbocycles. The van der Waals surface area contributed by atoms with Crippen molar-refractivity contribution in [1.29, 1.82) is 0 Å². The topological polar surface area (TPSA) is 24.5 Å². The molecule has 0 saturated carbocycles. The second kappa shape index (κ2) is 8.28. The van der Waals surface area contributed by atoms with Crippen molar-refractivity contribution in [3.8, 4) is 0 Å². The lowest BCUT2D eigenvalue weighted by Gasteiger charge is -2.40. The number of rotatable bonds is 8. The fraction of sp³-hybridized carbons (Fsp3) is 0.765. The highest BCUT2D eigenvalue weighted by Gasteiger charge is 2.33. The number of hydrogen-bond acceptors (Lipinski definition) is 4. The molecule has 21 heavy (non-hydrogen) atoms. The third-order valence-electron chi connectivity index (χ3n) is 4.36. The van der Waals surface area contributed by atoms with Gasteiger partial charge >= 0.3 is 0 Å². The number of hydrogen-bond donors (Lipinski definition) is 1. The zero-order valence-electron chi connectivity index (χ0n) is 13.7. The van der Waals surface area contributed by atoms with Crippen LogP contribution in [0, 0.1) is 5.41 Å². The van der Waals surface area contributed by atoms with Crippen LogP contribution in [0.15, 0.2) is 17.5 Å². The molecule has 3 nitrogen and oxygen atoms in total. The summed E-state index contributed by atoms with van der Waals surface area (Å²) in [4.78, 5) is 4.00. The lowest BCUT2D eigenvalue weighted by molar-refractivity contribution is -0.00126. The van der Waals surface area contributed by atoms with Crippen LogP contribution in [0.3, 0.4) is 0 Å². The summed E-state index contributed by atoms with van der Waals surface area (Å²) in [6.07, 6.45) is 3.52. The first-order valence-corrected chi connectivity index (χ1v) is 9.00. The predicted molar refractivity (Wildman–Crippen MR) is 91.1 cm³/mol. The van der Waals surface area contributed by atoms with Crippen molar-refractivity contribution >= 4 is 11.3 Å². The van der Waals surface area contributed by atoms with E-state index in [1.54, 1.807) is 0 Å². The summed E-state index contributed by atoms with van der Waals surface area (Å²) in [6.45, 7) is 9.71. The van der Waals surface area contributed by atoms with Gasteiger partial charge < -0.3 is 15.0 Å². The molecule has 120 valence electrons. The van der Waals surface area contributed by atoms with Crippen LogP contribution < -0.4 is 5.32 Å². The Labute approximate surface area is 133 Å². The van der Waals surface area contributed by atoms with Crippen molar-refractivity contribution in [2.75, 3.05) is 39.9 Å². The number of thiophene rings is 1. The lowest BCUT2D eigenvalue weighted by Crippen LogP contribution is -2.48. The van der Waals surface area contributed by atoms with Gasteiger partial charge in [-0.2, -0.15) is 0 Å². The van der Waals surface area contributed by atoms with E-state index >= 15 is 0 Å². The van der Waals surface area contributed by atoms with Gasteiger partial charge in [0.05, 0.1) is 0 Å². The summed E-state index contributed by atoms with van der Waals surface area (Å²) in [5.41, 5.74) is 0.382. The summed E-state index contributed by atoms with van der Waals surface area (Å²) < 4.78 is 5.59. The first-order chi connectivity index (χ1) is 10.1. The highest BCUT2D eigenvalue weighted by molar-refractivity contribution is 7.09. The van der Waals surface area contributed by atoms with Crippen molar-refractivity contribution in [3.63, 3.8) is 0 Å². The number of nitrogens with zero attached hydrogens (tertiary/aromatic N) is 1. The Morgan fingerprint density at radius 1 is 1.38 bits per heavy atom. The minimum absolute atomic E-state index is 0.382. The van der Waals surface area contributed by atoms with E-state index < -0.39 is 0 Å². The van der Waals surface area contributed by atoms with Crippen LogP contribution in [0.4, 0.5) is 0 Å². The van der Waals surface area contributed by atoms with Gasteiger partial charge in [0.2, 0.25) is 0 Å². The molecule has 0 unspecified atom stereocenters. The predicted octanol–water partition coefficient (Wildman–Crippen LogP) is 3.02. The monoisotopic (exact) mass is 310 g/mol. The smallest absolute Gasteiger partial charge is 0.0472 e. The molecule has 1 aromatic heterocycles. The van der Waals surface area contributed by atoms with Gasteiger partial charge in [-0.15, -0.1) is 11.3 Å². The first-order valence-electron chi connectivity index (χ1n) is 8.12. The summed E-state index contributed by atoms with van der Waals surface area (Å²) in [5, 5.41) is 5.82. The highest BCUT2D eigenvalue weighted by Crippen LogP contribution is 2.31. The van der Waals surface area contributed by atoms with E-state index in [4.69, 9.17) is 4.74 Å². The van der Waals surface area contributed by atoms with E-state index in [9.17, 15) is 0 Å². The van der Waals surface area contributed by atoms with Gasteiger partial charge in [-0.05, 0) is 43.2 Å². The van der Waals surface area contributed by atoms with Gasteiger partial charge in [-0.1, -0.05) is 19.9 Å². The molecule has 1 aliphatic heterocycles. The largest absolute Gasteiger partial charge is 0.381 e. The fourth-order valence-corrected chi connectivity index (χ4v) is 3.72. The Kier molecular flexibility index (Phi) is 6.68. The van der Waals surface area contributed by atoms with Crippen LogP contribution in [0.2, 0.25) is 0 Å².